The van der Waals surface area contributed by atoms with Crippen molar-refractivity contribution in [1.29, 1.82) is 0 Å². The molecule has 2 unspecified atom stereocenters. The Kier molecular flexibility index (Phi) is 3.20. The van der Waals surface area contributed by atoms with Crippen LogP contribution in [0.25, 0.3) is 17.1 Å². The van der Waals surface area contributed by atoms with Crippen molar-refractivity contribution in [1.82, 2.24) is 19.5 Å². The van der Waals surface area contributed by atoms with Crippen LogP contribution in [0.3, 0.4) is 0 Å². The molecule has 6 heteroatoms. The van der Waals surface area contributed by atoms with Gasteiger partial charge in [-0.15, -0.1) is 0 Å². The topological polar surface area (TPSA) is 63.6 Å². The third-order valence-corrected chi connectivity index (χ3v) is 5.43. The van der Waals surface area contributed by atoms with E-state index in [1.807, 2.05) is 28.9 Å². The SMILES string of the molecule is CCCC(=O)N1C2CCC1c1cnc3cc(-c4ccco4)nn3c1C2. The average Bonchev–Trinajstić information content (AvgIpc) is 3.32. The fourth-order valence-corrected chi connectivity index (χ4v) is 4.35. The van der Waals surface area contributed by atoms with Gasteiger partial charge in [0.2, 0.25) is 5.91 Å². The highest BCUT2D eigenvalue weighted by Gasteiger charge is 2.43. The molecule has 0 aliphatic carbocycles. The smallest absolute Gasteiger partial charge is 0.223 e. The first-order valence-electron chi connectivity index (χ1n) is 8.99. The van der Waals surface area contributed by atoms with Gasteiger partial charge in [0.15, 0.2) is 11.4 Å². The zero-order chi connectivity index (χ0) is 17.0. The van der Waals surface area contributed by atoms with Crippen LogP contribution in [0.4, 0.5) is 0 Å². The first kappa shape index (κ1) is 14.7. The van der Waals surface area contributed by atoms with Crippen molar-refractivity contribution in [3.63, 3.8) is 0 Å². The monoisotopic (exact) mass is 336 g/mol. The van der Waals surface area contributed by atoms with Crippen LogP contribution >= 0.6 is 0 Å². The first-order valence-corrected chi connectivity index (χ1v) is 8.99. The maximum Gasteiger partial charge on any atom is 0.223 e. The largest absolute Gasteiger partial charge is 0.463 e. The number of hydrogen-bond donors (Lipinski definition) is 0. The molecule has 0 aromatic carbocycles. The zero-order valence-corrected chi connectivity index (χ0v) is 14.2. The number of rotatable bonds is 3. The second-order valence-electron chi connectivity index (χ2n) is 6.94. The van der Waals surface area contributed by atoms with Crippen LogP contribution in [0.1, 0.15) is 49.9 Å². The quantitative estimate of drug-likeness (QED) is 0.735. The van der Waals surface area contributed by atoms with Crippen LogP contribution in [-0.4, -0.2) is 31.4 Å². The van der Waals surface area contributed by atoms with Gasteiger partial charge in [-0.3, -0.25) is 4.79 Å². The molecule has 2 aliphatic heterocycles. The highest BCUT2D eigenvalue weighted by molar-refractivity contribution is 5.78. The van der Waals surface area contributed by atoms with Crippen LogP contribution in [0.2, 0.25) is 0 Å². The predicted molar refractivity (Wildman–Crippen MR) is 91.9 cm³/mol. The molecule has 128 valence electrons. The lowest BCUT2D eigenvalue weighted by Crippen LogP contribution is -2.42. The number of carbonyl (C=O) groups is 1. The molecule has 2 atom stereocenters. The van der Waals surface area contributed by atoms with Crippen molar-refractivity contribution >= 4 is 11.6 Å². The number of fused-ring (bicyclic) bond motifs is 6. The third-order valence-electron chi connectivity index (χ3n) is 5.43. The van der Waals surface area contributed by atoms with Crippen LogP contribution in [0, 0.1) is 0 Å². The van der Waals surface area contributed by atoms with Crippen LogP contribution in [0.15, 0.2) is 35.1 Å². The van der Waals surface area contributed by atoms with Gasteiger partial charge >= 0.3 is 0 Å². The fourth-order valence-electron chi connectivity index (χ4n) is 4.35. The van der Waals surface area contributed by atoms with Crippen molar-refractivity contribution in [2.24, 2.45) is 0 Å². The lowest BCUT2D eigenvalue weighted by molar-refractivity contribution is -0.134. The molecule has 25 heavy (non-hydrogen) atoms. The van der Waals surface area contributed by atoms with Gasteiger partial charge in [-0.25, -0.2) is 9.50 Å². The summed E-state index contributed by atoms with van der Waals surface area (Å²) in [7, 11) is 0. The molecular weight excluding hydrogens is 316 g/mol. The number of aromatic nitrogens is 3. The number of furan rings is 1. The summed E-state index contributed by atoms with van der Waals surface area (Å²) in [4.78, 5) is 19.3. The molecule has 1 fully saturated rings. The van der Waals surface area contributed by atoms with Gasteiger partial charge in [-0.2, -0.15) is 5.10 Å². The van der Waals surface area contributed by atoms with E-state index in [9.17, 15) is 4.79 Å². The van der Waals surface area contributed by atoms with E-state index >= 15 is 0 Å². The summed E-state index contributed by atoms with van der Waals surface area (Å²) in [6, 6.07) is 6.16. The Balaban J connectivity index is 1.60. The van der Waals surface area contributed by atoms with Crippen molar-refractivity contribution in [3.05, 3.63) is 41.9 Å². The Hall–Kier alpha value is -2.63. The van der Waals surface area contributed by atoms with E-state index in [2.05, 4.69) is 16.8 Å². The average molecular weight is 336 g/mol. The van der Waals surface area contributed by atoms with Gasteiger partial charge in [0.05, 0.1) is 18.0 Å². The van der Waals surface area contributed by atoms with Gasteiger partial charge in [0.1, 0.15) is 5.69 Å². The number of hydrogen-bond acceptors (Lipinski definition) is 4. The number of nitrogens with zero attached hydrogens (tertiary/aromatic N) is 4. The lowest BCUT2D eigenvalue weighted by Gasteiger charge is -2.36. The van der Waals surface area contributed by atoms with Crippen molar-refractivity contribution in [3.8, 4) is 11.5 Å². The summed E-state index contributed by atoms with van der Waals surface area (Å²) in [5.74, 6) is 1.02. The van der Waals surface area contributed by atoms with E-state index in [1.165, 1.54) is 5.69 Å². The summed E-state index contributed by atoms with van der Waals surface area (Å²) in [5, 5.41) is 4.73. The van der Waals surface area contributed by atoms with E-state index in [0.29, 0.717) is 12.5 Å². The summed E-state index contributed by atoms with van der Waals surface area (Å²) < 4.78 is 7.41. The maximum absolute atomic E-state index is 12.6. The third kappa shape index (κ3) is 2.13. The molecular formula is C19H20N4O2. The molecule has 1 amide bonds. The molecule has 0 radical (unpaired) electrons. The minimum Gasteiger partial charge on any atom is -0.463 e. The molecule has 0 spiro atoms. The summed E-state index contributed by atoms with van der Waals surface area (Å²) in [6.45, 7) is 2.06. The second-order valence-corrected chi connectivity index (χ2v) is 6.94. The highest BCUT2D eigenvalue weighted by atomic mass is 16.3. The highest BCUT2D eigenvalue weighted by Crippen LogP contribution is 2.44. The fraction of sp³-hybridized carbons (Fsp3) is 0.421. The van der Waals surface area contributed by atoms with Gasteiger partial charge in [-0.1, -0.05) is 6.92 Å². The number of amides is 1. The molecule has 2 bridgehead atoms. The Bertz CT molecular complexity index is 944. The van der Waals surface area contributed by atoms with Crippen LogP contribution in [0.5, 0.6) is 0 Å². The molecule has 2 aliphatic rings. The van der Waals surface area contributed by atoms with Crippen molar-refractivity contribution < 1.29 is 9.21 Å². The molecule has 6 nitrogen and oxygen atoms in total. The Labute approximate surface area is 145 Å². The minimum atomic E-state index is 0.154. The molecule has 1 saturated heterocycles. The van der Waals surface area contributed by atoms with Crippen molar-refractivity contribution in [2.75, 3.05) is 0 Å². The number of carbonyl (C=O) groups excluding carboxylic acids is 1. The van der Waals surface area contributed by atoms with E-state index in [-0.39, 0.29) is 11.9 Å². The molecule has 5 heterocycles. The van der Waals surface area contributed by atoms with E-state index in [4.69, 9.17) is 9.52 Å². The first-order chi connectivity index (χ1) is 12.3. The van der Waals surface area contributed by atoms with Crippen LogP contribution in [-0.2, 0) is 11.2 Å². The summed E-state index contributed by atoms with van der Waals surface area (Å²) >= 11 is 0. The molecule has 5 rings (SSSR count). The Morgan fingerprint density at radius 1 is 1.40 bits per heavy atom. The molecule has 3 aromatic heterocycles. The lowest BCUT2D eigenvalue weighted by atomic mass is 9.98. The van der Waals surface area contributed by atoms with Crippen LogP contribution < -0.4 is 0 Å². The summed E-state index contributed by atoms with van der Waals surface area (Å²) in [6.07, 6.45) is 8.04. The second kappa shape index (κ2) is 5.44. The van der Waals surface area contributed by atoms with E-state index in [1.54, 1.807) is 6.26 Å². The molecule has 0 N–H and O–H groups in total. The summed E-state index contributed by atoms with van der Waals surface area (Å²) in [5.41, 5.74) is 3.97. The minimum absolute atomic E-state index is 0.154. The van der Waals surface area contributed by atoms with Gasteiger partial charge in [-0.05, 0) is 31.4 Å². The normalized spacial score (nSPS) is 21.7. The molecule has 3 aromatic rings. The Morgan fingerprint density at radius 3 is 3.12 bits per heavy atom. The van der Waals surface area contributed by atoms with Gasteiger partial charge in [0, 0.05) is 36.7 Å². The molecule has 0 saturated carbocycles. The van der Waals surface area contributed by atoms with Gasteiger partial charge < -0.3 is 9.32 Å². The van der Waals surface area contributed by atoms with E-state index < -0.39 is 0 Å². The van der Waals surface area contributed by atoms with Crippen molar-refractivity contribution in [2.45, 2.75) is 51.1 Å². The zero-order valence-electron chi connectivity index (χ0n) is 14.2. The van der Waals surface area contributed by atoms with E-state index in [0.717, 1.165) is 48.3 Å². The standard InChI is InChI=1S/C19H20N4O2/c1-2-4-19(24)22-12-6-7-15(22)13-11-20-18-10-14(17-5-3-8-25-17)21-23(18)16(13)9-12/h3,5,8,10-12,15H,2,4,6-7,9H2,1H3. The maximum atomic E-state index is 12.6. The Morgan fingerprint density at radius 2 is 2.32 bits per heavy atom. The predicted octanol–water partition coefficient (Wildman–Crippen LogP) is 3.38. The van der Waals surface area contributed by atoms with Gasteiger partial charge in [0.25, 0.3) is 0 Å².